The molecule has 0 spiro atoms. The average Bonchev–Trinajstić information content (AvgIpc) is 2.36. The molecule has 1 aromatic rings. The molecule has 1 aliphatic heterocycles. The van der Waals surface area contributed by atoms with Gasteiger partial charge in [-0.25, -0.2) is 8.42 Å². The fourth-order valence-electron chi connectivity index (χ4n) is 3.26. The second kappa shape index (κ2) is 6.81. The van der Waals surface area contributed by atoms with E-state index < -0.39 is 9.84 Å². The van der Waals surface area contributed by atoms with Crippen LogP contribution in [0.2, 0.25) is 0 Å². The maximum atomic E-state index is 11.4. The van der Waals surface area contributed by atoms with Crippen LogP contribution < -0.4 is 10.1 Å². The van der Waals surface area contributed by atoms with Crippen LogP contribution in [-0.2, 0) is 9.84 Å². The third kappa shape index (κ3) is 5.50. The summed E-state index contributed by atoms with van der Waals surface area (Å²) in [6.07, 6.45) is 3.06. The largest absolute Gasteiger partial charge is 0.487 e. The molecule has 0 aromatic heterocycles. The van der Waals surface area contributed by atoms with Crippen molar-refractivity contribution in [2.75, 3.05) is 18.6 Å². The standard InChI is InChI=1S/C18H29NO3S/c1-13-6-7-17-15(10-13)16(11-18(3,4)22-17)19-9-8-14(2)12-23(5,20)21/h6-7,10,14,16,19H,8-9,11-12H2,1-5H3. The van der Waals surface area contributed by atoms with E-state index in [1.54, 1.807) is 0 Å². The zero-order valence-electron chi connectivity index (χ0n) is 14.8. The lowest BCUT2D eigenvalue weighted by molar-refractivity contribution is 0.0659. The second-order valence-corrected chi connectivity index (χ2v) is 9.78. The molecule has 4 nitrogen and oxygen atoms in total. The van der Waals surface area contributed by atoms with Crippen molar-refractivity contribution in [2.24, 2.45) is 5.92 Å². The Hall–Kier alpha value is -1.07. The highest BCUT2D eigenvalue weighted by Crippen LogP contribution is 2.39. The topological polar surface area (TPSA) is 55.4 Å². The molecule has 0 saturated heterocycles. The van der Waals surface area contributed by atoms with Crippen LogP contribution in [0, 0.1) is 12.8 Å². The minimum atomic E-state index is -2.90. The van der Waals surface area contributed by atoms with Gasteiger partial charge in [-0.05, 0) is 45.7 Å². The van der Waals surface area contributed by atoms with Gasteiger partial charge in [0.2, 0.25) is 0 Å². The van der Waals surface area contributed by atoms with Crippen LogP contribution in [0.3, 0.4) is 0 Å². The van der Waals surface area contributed by atoms with E-state index in [2.05, 4.69) is 38.2 Å². The average molecular weight is 340 g/mol. The molecule has 23 heavy (non-hydrogen) atoms. The third-order valence-electron chi connectivity index (χ3n) is 4.24. The summed E-state index contributed by atoms with van der Waals surface area (Å²) in [5.41, 5.74) is 2.24. The molecular weight excluding hydrogens is 310 g/mol. The van der Waals surface area contributed by atoms with Crippen LogP contribution in [0.1, 0.15) is 50.8 Å². The number of fused-ring (bicyclic) bond motifs is 1. The number of nitrogens with one attached hydrogen (secondary N) is 1. The van der Waals surface area contributed by atoms with Gasteiger partial charge in [-0.15, -0.1) is 0 Å². The molecular formula is C18H29NO3S. The van der Waals surface area contributed by atoms with E-state index in [4.69, 9.17) is 4.74 Å². The van der Waals surface area contributed by atoms with Crippen molar-refractivity contribution in [1.82, 2.24) is 5.32 Å². The Morgan fingerprint density at radius 3 is 2.74 bits per heavy atom. The van der Waals surface area contributed by atoms with E-state index in [1.807, 2.05) is 13.0 Å². The highest BCUT2D eigenvalue weighted by molar-refractivity contribution is 7.90. The van der Waals surface area contributed by atoms with Crippen LogP contribution in [0.5, 0.6) is 5.75 Å². The van der Waals surface area contributed by atoms with Crippen molar-refractivity contribution in [1.29, 1.82) is 0 Å². The van der Waals surface area contributed by atoms with Crippen LogP contribution in [-0.4, -0.2) is 32.6 Å². The highest BCUT2D eigenvalue weighted by atomic mass is 32.2. The number of hydrogen-bond acceptors (Lipinski definition) is 4. The van der Waals surface area contributed by atoms with Gasteiger partial charge in [-0.3, -0.25) is 0 Å². The van der Waals surface area contributed by atoms with Gasteiger partial charge < -0.3 is 10.1 Å². The molecule has 1 heterocycles. The SMILES string of the molecule is Cc1ccc2c(c1)C(NCCC(C)CS(C)(=O)=O)CC(C)(C)O2. The van der Waals surface area contributed by atoms with Gasteiger partial charge in [0.15, 0.2) is 0 Å². The van der Waals surface area contributed by atoms with E-state index in [0.29, 0.717) is 0 Å². The Morgan fingerprint density at radius 1 is 1.39 bits per heavy atom. The molecule has 0 saturated carbocycles. The summed E-state index contributed by atoms with van der Waals surface area (Å²) in [5.74, 6) is 1.37. The monoisotopic (exact) mass is 339 g/mol. The zero-order chi connectivity index (χ0) is 17.3. The number of rotatable bonds is 6. The Balaban J connectivity index is 2.01. The zero-order valence-corrected chi connectivity index (χ0v) is 15.7. The van der Waals surface area contributed by atoms with Gasteiger partial charge in [0, 0.05) is 24.3 Å². The highest BCUT2D eigenvalue weighted by Gasteiger charge is 2.33. The lowest BCUT2D eigenvalue weighted by Gasteiger charge is -2.38. The van der Waals surface area contributed by atoms with Crippen molar-refractivity contribution < 1.29 is 13.2 Å². The van der Waals surface area contributed by atoms with E-state index in [9.17, 15) is 8.42 Å². The van der Waals surface area contributed by atoms with Crippen LogP contribution in [0.25, 0.3) is 0 Å². The molecule has 0 fully saturated rings. The summed E-state index contributed by atoms with van der Waals surface area (Å²) in [4.78, 5) is 0. The van der Waals surface area contributed by atoms with Crippen molar-refractivity contribution in [3.8, 4) is 5.75 Å². The first-order valence-corrected chi connectivity index (χ1v) is 10.3. The molecule has 2 rings (SSSR count). The van der Waals surface area contributed by atoms with E-state index in [1.165, 1.54) is 17.4 Å². The molecule has 2 atom stereocenters. The van der Waals surface area contributed by atoms with Crippen LogP contribution in [0.4, 0.5) is 0 Å². The molecule has 0 aliphatic carbocycles. The van der Waals surface area contributed by atoms with Gasteiger partial charge in [0.25, 0.3) is 0 Å². The summed E-state index contributed by atoms with van der Waals surface area (Å²) in [6, 6.07) is 6.55. The maximum absolute atomic E-state index is 11.4. The molecule has 0 bridgehead atoms. The fraction of sp³-hybridized carbons (Fsp3) is 0.667. The van der Waals surface area contributed by atoms with E-state index >= 15 is 0 Å². The smallest absolute Gasteiger partial charge is 0.147 e. The predicted octanol–water partition coefficient (Wildman–Crippen LogP) is 3.26. The number of sulfone groups is 1. The fourth-order valence-corrected chi connectivity index (χ4v) is 4.46. The predicted molar refractivity (Wildman–Crippen MR) is 94.7 cm³/mol. The number of aryl methyl sites for hydroxylation is 1. The molecule has 5 heteroatoms. The van der Waals surface area contributed by atoms with Crippen molar-refractivity contribution in [2.45, 2.75) is 52.2 Å². The summed E-state index contributed by atoms with van der Waals surface area (Å²) in [5, 5.41) is 3.60. The minimum Gasteiger partial charge on any atom is -0.487 e. The first-order valence-electron chi connectivity index (χ1n) is 8.26. The van der Waals surface area contributed by atoms with Crippen LogP contribution >= 0.6 is 0 Å². The van der Waals surface area contributed by atoms with Crippen LogP contribution in [0.15, 0.2) is 18.2 Å². The van der Waals surface area contributed by atoms with Crippen molar-refractivity contribution in [3.63, 3.8) is 0 Å². The summed E-state index contributed by atoms with van der Waals surface area (Å²) < 4.78 is 28.8. The molecule has 1 N–H and O–H groups in total. The molecule has 2 unspecified atom stereocenters. The van der Waals surface area contributed by atoms with E-state index in [0.717, 1.165) is 25.1 Å². The molecule has 1 aromatic carbocycles. The number of hydrogen-bond donors (Lipinski definition) is 1. The number of benzene rings is 1. The maximum Gasteiger partial charge on any atom is 0.147 e. The number of ether oxygens (including phenoxy) is 1. The quantitative estimate of drug-likeness (QED) is 0.864. The van der Waals surface area contributed by atoms with Gasteiger partial charge in [-0.1, -0.05) is 24.6 Å². The normalized spacial score (nSPS) is 21.3. The lowest BCUT2D eigenvalue weighted by atomic mass is 9.89. The molecule has 1 aliphatic rings. The second-order valence-electron chi connectivity index (χ2n) is 7.60. The summed E-state index contributed by atoms with van der Waals surface area (Å²) in [6.45, 7) is 9.11. The first-order chi connectivity index (χ1) is 10.6. The third-order valence-corrected chi connectivity index (χ3v) is 5.41. The Labute approximate surface area is 140 Å². The lowest BCUT2D eigenvalue weighted by Crippen LogP contribution is -2.40. The van der Waals surface area contributed by atoms with Gasteiger partial charge in [0.05, 0.1) is 5.75 Å². The van der Waals surface area contributed by atoms with Gasteiger partial charge in [0.1, 0.15) is 21.2 Å². The van der Waals surface area contributed by atoms with E-state index in [-0.39, 0.29) is 23.3 Å². The summed E-state index contributed by atoms with van der Waals surface area (Å²) in [7, 11) is -2.90. The molecule has 0 radical (unpaired) electrons. The summed E-state index contributed by atoms with van der Waals surface area (Å²) >= 11 is 0. The Kier molecular flexibility index (Phi) is 5.41. The van der Waals surface area contributed by atoms with Crippen molar-refractivity contribution >= 4 is 9.84 Å². The van der Waals surface area contributed by atoms with Crippen molar-refractivity contribution in [3.05, 3.63) is 29.3 Å². The van der Waals surface area contributed by atoms with Gasteiger partial charge in [-0.2, -0.15) is 0 Å². The van der Waals surface area contributed by atoms with Gasteiger partial charge >= 0.3 is 0 Å². The molecule has 130 valence electrons. The molecule has 0 amide bonds. The Morgan fingerprint density at radius 2 is 2.09 bits per heavy atom. The minimum absolute atomic E-state index is 0.169. The first kappa shape index (κ1) is 18.3. The Bertz CT molecular complexity index is 652.